The SMILES string of the molecule is NC(=O)c1ccc(CN2CCC(N)C2)c(Cl)c1. The van der Waals surface area contributed by atoms with Crippen molar-refractivity contribution in [2.75, 3.05) is 13.1 Å². The number of amides is 1. The van der Waals surface area contributed by atoms with Gasteiger partial charge >= 0.3 is 0 Å². The van der Waals surface area contributed by atoms with Gasteiger partial charge in [-0.15, -0.1) is 0 Å². The van der Waals surface area contributed by atoms with Crippen molar-refractivity contribution in [3.8, 4) is 0 Å². The molecule has 0 bridgehead atoms. The first-order chi connectivity index (χ1) is 8.06. The summed E-state index contributed by atoms with van der Waals surface area (Å²) in [7, 11) is 0. The molecule has 1 unspecified atom stereocenters. The second-order valence-corrected chi connectivity index (χ2v) is 4.86. The first-order valence-corrected chi connectivity index (χ1v) is 6.00. The first kappa shape index (κ1) is 12.4. The van der Waals surface area contributed by atoms with E-state index < -0.39 is 5.91 Å². The Kier molecular flexibility index (Phi) is 3.66. The Morgan fingerprint density at radius 1 is 1.53 bits per heavy atom. The monoisotopic (exact) mass is 253 g/mol. The van der Waals surface area contributed by atoms with Crippen LogP contribution in [-0.2, 0) is 6.54 Å². The number of nitrogens with zero attached hydrogens (tertiary/aromatic N) is 1. The zero-order valence-electron chi connectivity index (χ0n) is 9.53. The van der Waals surface area contributed by atoms with Crippen molar-refractivity contribution >= 4 is 17.5 Å². The van der Waals surface area contributed by atoms with Crippen LogP contribution in [0.5, 0.6) is 0 Å². The minimum absolute atomic E-state index is 0.263. The van der Waals surface area contributed by atoms with Crippen LogP contribution in [0.25, 0.3) is 0 Å². The lowest BCUT2D eigenvalue weighted by atomic mass is 10.1. The summed E-state index contributed by atoms with van der Waals surface area (Å²) in [4.78, 5) is 13.2. The Morgan fingerprint density at radius 2 is 2.29 bits per heavy atom. The lowest BCUT2D eigenvalue weighted by molar-refractivity contribution is 0.100. The molecule has 1 fully saturated rings. The third kappa shape index (κ3) is 2.97. The number of carbonyl (C=O) groups excluding carboxylic acids is 1. The van der Waals surface area contributed by atoms with Crippen molar-refractivity contribution in [2.24, 2.45) is 11.5 Å². The van der Waals surface area contributed by atoms with Crippen LogP contribution in [0.2, 0.25) is 5.02 Å². The molecule has 1 aliphatic heterocycles. The summed E-state index contributed by atoms with van der Waals surface area (Å²) in [6, 6.07) is 5.44. The third-order valence-corrected chi connectivity index (χ3v) is 3.39. The number of nitrogens with two attached hydrogens (primary N) is 2. The molecule has 17 heavy (non-hydrogen) atoms. The van der Waals surface area contributed by atoms with Crippen LogP contribution in [-0.4, -0.2) is 29.9 Å². The van der Waals surface area contributed by atoms with Crippen LogP contribution in [0.3, 0.4) is 0 Å². The second-order valence-electron chi connectivity index (χ2n) is 4.45. The Morgan fingerprint density at radius 3 is 2.82 bits per heavy atom. The quantitative estimate of drug-likeness (QED) is 0.843. The predicted molar refractivity (Wildman–Crippen MR) is 67.8 cm³/mol. The number of carbonyl (C=O) groups is 1. The van der Waals surface area contributed by atoms with Crippen molar-refractivity contribution < 1.29 is 4.79 Å². The van der Waals surface area contributed by atoms with Gasteiger partial charge in [0.25, 0.3) is 0 Å². The molecule has 4 N–H and O–H groups in total. The number of benzene rings is 1. The maximum Gasteiger partial charge on any atom is 0.248 e. The highest BCUT2D eigenvalue weighted by Crippen LogP contribution is 2.21. The molecule has 1 atom stereocenters. The van der Waals surface area contributed by atoms with Gasteiger partial charge in [-0.3, -0.25) is 9.69 Å². The van der Waals surface area contributed by atoms with E-state index in [1.165, 1.54) is 0 Å². The normalized spacial score (nSPS) is 20.7. The number of halogens is 1. The number of rotatable bonds is 3. The lowest BCUT2D eigenvalue weighted by Crippen LogP contribution is -2.26. The average molecular weight is 254 g/mol. The fourth-order valence-electron chi connectivity index (χ4n) is 2.08. The molecule has 1 amide bonds. The topological polar surface area (TPSA) is 72.4 Å². The van der Waals surface area contributed by atoms with Crippen LogP contribution in [0, 0.1) is 0 Å². The molecule has 0 radical (unpaired) electrons. The van der Waals surface area contributed by atoms with E-state index in [-0.39, 0.29) is 6.04 Å². The van der Waals surface area contributed by atoms with Crippen LogP contribution >= 0.6 is 11.6 Å². The molecular weight excluding hydrogens is 238 g/mol. The molecule has 0 aliphatic carbocycles. The fraction of sp³-hybridized carbons (Fsp3) is 0.417. The molecular formula is C12H16ClN3O. The number of primary amides is 1. The predicted octanol–water partition coefficient (Wildman–Crippen LogP) is 0.972. The Hall–Kier alpha value is -1.10. The summed E-state index contributed by atoms with van der Waals surface area (Å²) in [5.41, 5.74) is 12.5. The van der Waals surface area contributed by atoms with Gasteiger partial charge in [-0.25, -0.2) is 0 Å². The van der Waals surface area contributed by atoms with Crippen molar-refractivity contribution in [3.05, 3.63) is 34.3 Å². The van der Waals surface area contributed by atoms with E-state index in [2.05, 4.69) is 4.90 Å². The standard InChI is InChI=1S/C12H16ClN3O/c13-11-5-8(12(15)17)1-2-9(11)6-16-4-3-10(14)7-16/h1-2,5,10H,3-4,6-7,14H2,(H2,15,17). The summed E-state index contributed by atoms with van der Waals surface area (Å²) in [6.07, 6.45) is 1.02. The van der Waals surface area contributed by atoms with Gasteiger partial charge in [0.15, 0.2) is 0 Å². The van der Waals surface area contributed by atoms with Gasteiger partial charge in [0.05, 0.1) is 0 Å². The lowest BCUT2D eigenvalue weighted by Gasteiger charge is -2.16. The maximum atomic E-state index is 11.0. The second kappa shape index (κ2) is 5.04. The average Bonchev–Trinajstić information content (AvgIpc) is 2.67. The molecule has 4 nitrogen and oxygen atoms in total. The van der Waals surface area contributed by atoms with Crippen LogP contribution in [0.4, 0.5) is 0 Å². The molecule has 1 aliphatic rings. The van der Waals surface area contributed by atoms with Crippen molar-refractivity contribution in [3.63, 3.8) is 0 Å². The van der Waals surface area contributed by atoms with Gasteiger partial charge in [-0.2, -0.15) is 0 Å². The Labute approximate surface area is 106 Å². The van der Waals surface area contributed by atoms with E-state index >= 15 is 0 Å². The molecule has 0 aromatic heterocycles. The molecule has 1 heterocycles. The first-order valence-electron chi connectivity index (χ1n) is 5.62. The summed E-state index contributed by atoms with van der Waals surface area (Å²) in [6.45, 7) is 2.66. The fourth-order valence-corrected chi connectivity index (χ4v) is 2.32. The summed E-state index contributed by atoms with van der Waals surface area (Å²) >= 11 is 6.12. The van der Waals surface area contributed by atoms with Crippen LogP contribution in [0.15, 0.2) is 18.2 Å². The molecule has 0 spiro atoms. The van der Waals surface area contributed by atoms with Crippen molar-refractivity contribution in [1.29, 1.82) is 0 Å². The van der Waals surface area contributed by atoms with E-state index in [4.69, 9.17) is 23.1 Å². The molecule has 5 heteroatoms. The van der Waals surface area contributed by atoms with Gasteiger partial charge in [0.1, 0.15) is 0 Å². The van der Waals surface area contributed by atoms with E-state index in [1.807, 2.05) is 6.07 Å². The maximum absolute atomic E-state index is 11.0. The summed E-state index contributed by atoms with van der Waals surface area (Å²) in [5.74, 6) is -0.457. The summed E-state index contributed by atoms with van der Waals surface area (Å²) < 4.78 is 0. The van der Waals surface area contributed by atoms with E-state index in [1.54, 1.807) is 12.1 Å². The molecule has 0 saturated carbocycles. The van der Waals surface area contributed by atoms with Crippen molar-refractivity contribution in [2.45, 2.75) is 19.0 Å². The highest BCUT2D eigenvalue weighted by Gasteiger charge is 2.19. The van der Waals surface area contributed by atoms with Gasteiger partial charge in [0.2, 0.25) is 5.91 Å². The Bertz CT molecular complexity index is 436. The number of hydrogen-bond acceptors (Lipinski definition) is 3. The minimum Gasteiger partial charge on any atom is -0.366 e. The van der Waals surface area contributed by atoms with Gasteiger partial charge in [0, 0.05) is 36.3 Å². The molecule has 1 aromatic carbocycles. The smallest absolute Gasteiger partial charge is 0.248 e. The molecule has 1 aromatic rings. The Balaban J connectivity index is 2.09. The highest BCUT2D eigenvalue weighted by molar-refractivity contribution is 6.31. The minimum atomic E-state index is -0.457. The third-order valence-electron chi connectivity index (χ3n) is 3.04. The van der Waals surface area contributed by atoms with E-state index in [0.717, 1.165) is 31.6 Å². The molecule has 1 saturated heterocycles. The van der Waals surface area contributed by atoms with E-state index in [9.17, 15) is 4.79 Å². The molecule has 92 valence electrons. The zero-order chi connectivity index (χ0) is 12.4. The highest BCUT2D eigenvalue weighted by atomic mass is 35.5. The van der Waals surface area contributed by atoms with Gasteiger partial charge < -0.3 is 11.5 Å². The van der Waals surface area contributed by atoms with Crippen molar-refractivity contribution in [1.82, 2.24) is 4.90 Å². The van der Waals surface area contributed by atoms with E-state index in [0.29, 0.717) is 10.6 Å². The van der Waals surface area contributed by atoms with Crippen LogP contribution < -0.4 is 11.5 Å². The molecule has 2 rings (SSSR count). The number of hydrogen-bond donors (Lipinski definition) is 2. The van der Waals surface area contributed by atoms with Gasteiger partial charge in [-0.1, -0.05) is 17.7 Å². The van der Waals surface area contributed by atoms with Gasteiger partial charge in [-0.05, 0) is 24.1 Å². The largest absolute Gasteiger partial charge is 0.366 e. The zero-order valence-corrected chi connectivity index (χ0v) is 10.3. The summed E-state index contributed by atoms with van der Waals surface area (Å²) in [5, 5.41) is 0.585. The number of likely N-dealkylation sites (tertiary alicyclic amines) is 1. The van der Waals surface area contributed by atoms with Crippen LogP contribution in [0.1, 0.15) is 22.3 Å².